The number of carbonyl (C=O) groups is 1. The lowest BCUT2D eigenvalue weighted by Gasteiger charge is -2.30. The second-order valence-corrected chi connectivity index (χ2v) is 7.98. The van der Waals surface area contributed by atoms with Crippen LogP contribution < -0.4 is 15.5 Å². The van der Waals surface area contributed by atoms with Gasteiger partial charge in [-0.05, 0) is 62.1 Å². The predicted octanol–water partition coefficient (Wildman–Crippen LogP) is 4.80. The maximum absolute atomic E-state index is 13.2. The molecule has 0 heterocycles. The third-order valence-electron chi connectivity index (χ3n) is 5.50. The molecule has 1 fully saturated rings. The van der Waals surface area contributed by atoms with E-state index in [0.29, 0.717) is 11.3 Å². The Hall–Kier alpha value is -3.21. The average molecular weight is 430 g/mol. The van der Waals surface area contributed by atoms with E-state index in [9.17, 15) is 18.0 Å². The van der Waals surface area contributed by atoms with Crippen molar-refractivity contribution in [3.63, 3.8) is 0 Å². The van der Waals surface area contributed by atoms with Crippen molar-refractivity contribution in [1.82, 2.24) is 5.32 Å². The van der Waals surface area contributed by atoms with E-state index in [1.807, 2.05) is 37.2 Å². The number of hydrogen-bond donors (Lipinski definition) is 2. The van der Waals surface area contributed by atoms with Crippen molar-refractivity contribution < 1.29 is 18.0 Å². The van der Waals surface area contributed by atoms with Crippen LogP contribution in [0.15, 0.2) is 42.5 Å². The summed E-state index contributed by atoms with van der Waals surface area (Å²) in [6, 6.07) is 12.7. The molecule has 0 unspecified atom stereocenters. The molecular weight excluding hydrogens is 405 g/mol. The maximum atomic E-state index is 13.2. The molecule has 0 radical (unpaired) electrons. The number of amides is 1. The number of nitrogens with zero attached hydrogens (tertiary/aromatic N) is 2. The maximum Gasteiger partial charge on any atom is 0.417 e. The molecule has 0 spiro atoms. The molecule has 1 aliphatic carbocycles. The van der Waals surface area contributed by atoms with Crippen LogP contribution in [0, 0.1) is 11.3 Å². The van der Waals surface area contributed by atoms with Crippen LogP contribution in [-0.2, 0) is 6.18 Å². The van der Waals surface area contributed by atoms with Gasteiger partial charge in [-0.1, -0.05) is 6.07 Å². The average Bonchev–Trinajstić information content (AvgIpc) is 2.74. The molecule has 5 nitrogen and oxygen atoms in total. The van der Waals surface area contributed by atoms with Gasteiger partial charge in [-0.15, -0.1) is 0 Å². The molecule has 2 N–H and O–H groups in total. The van der Waals surface area contributed by atoms with Crippen molar-refractivity contribution in [2.24, 2.45) is 0 Å². The molecule has 164 valence electrons. The summed E-state index contributed by atoms with van der Waals surface area (Å²) in [6.07, 6.45) is -1.65. The molecule has 2 aromatic rings. The Kier molecular flexibility index (Phi) is 6.74. The fraction of sp³-hybridized carbons (Fsp3) is 0.391. The van der Waals surface area contributed by atoms with E-state index in [-0.39, 0.29) is 23.6 Å². The predicted molar refractivity (Wildman–Crippen MR) is 114 cm³/mol. The Balaban J connectivity index is 1.56. The molecule has 0 bridgehead atoms. The molecule has 0 saturated heterocycles. The van der Waals surface area contributed by atoms with Gasteiger partial charge in [0.2, 0.25) is 0 Å². The minimum absolute atomic E-state index is 0.0132. The van der Waals surface area contributed by atoms with Gasteiger partial charge in [0.05, 0.1) is 17.2 Å². The van der Waals surface area contributed by atoms with Gasteiger partial charge in [0.1, 0.15) is 0 Å². The fourth-order valence-electron chi connectivity index (χ4n) is 3.78. The first-order chi connectivity index (χ1) is 14.7. The molecule has 1 saturated carbocycles. The highest BCUT2D eigenvalue weighted by Crippen LogP contribution is 2.34. The van der Waals surface area contributed by atoms with E-state index in [0.717, 1.165) is 37.4 Å². The Morgan fingerprint density at radius 2 is 1.74 bits per heavy atom. The van der Waals surface area contributed by atoms with Gasteiger partial charge >= 0.3 is 6.18 Å². The lowest BCUT2D eigenvalue weighted by molar-refractivity contribution is -0.137. The van der Waals surface area contributed by atoms with E-state index < -0.39 is 11.7 Å². The SMILES string of the molecule is CN(C)c1cccc(C(=O)NC2CCC(Nc3ccc(C#N)c(C(F)(F)F)c3)CC2)c1. The Bertz CT molecular complexity index is 974. The number of benzene rings is 2. The summed E-state index contributed by atoms with van der Waals surface area (Å²) < 4.78 is 39.5. The molecular formula is C23H25F3N4O. The quantitative estimate of drug-likeness (QED) is 0.715. The van der Waals surface area contributed by atoms with E-state index in [1.54, 1.807) is 12.1 Å². The first-order valence-electron chi connectivity index (χ1n) is 10.1. The number of alkyl halides is 3. The molecule has 0 aliphatic heterocycles. The van der Waals surface area contributed by atoms with Crippen LogP contribution in [0.25, 0.3) is 0 Å². The van der Waals surface area contributed by atoms with Gasteiger partial charge < -0.3 is 15.5 Å². The normalized spacial score (nSPS) is 18.7. The van der Waals surface area contributed by atoms with Crippen molar-refractivity contribution in [1.29, 1.82) is 5.26 Å². The lowest BCUT2D eigenvalue weighted by Crippen LogP contribution is -2.40. The Labute approximate surface area is 179 Å². The van der Waals surface area contributed by atoms with Gasteiger partial charge in [0.25, 0.3) is 5.91 Å². The topological polar surface area (TPSA) is 68.2 Å². The number of nitriles is 1. The minimum Gasteiger partial charge on any atom is -0.382 e. The molecule has 0 atom stereocenters. The molecule has 0 aromatic heterocycles. The van der Waals surface area contributed by atoms with Crippen molar-refractivity contribution in [3.8, 4) is 6.07 Å². The van der Waals surface area contributed by atoms with Crippen LogP contribution in [0.4, 0.5) is 24.5 Å². The molecule has 8 heteroatoms. The summed E-state index contributed by atoms with van der Waals surface area (Å²) in [5.74, 6) is -0.123. The standard InChI is InChI=1S/C23H25F3N4O/c1-30(2)20-5-3-4-15(12-20)22(31)29-18-10-8-17(9-11-18)28-19-7-6-16(14-27)21(13-19)23(24,25)26/h3-7,12-13,17-18,28H,8-11H2,1-2H3,(H,29,31). The zero-order valence-electron chi connectivity index (χ0n) is 17.5. The smallest absolute Gasteiger partial charge is 0.382 e. The zero-order chi connectivity index (χ0) is 22.6. The number of hydrogen-bond acceptors (Lipinski definition) is 4. The van der Waals surface area contributed by atoms with Gasteiger partial charge in [-0.3, -0.25) is 4.79 Å². The molecule has 31 heavy (non-hydrogen) atoms. The van der Waals surface area contributed by atoms with Crippen LogP contribution in [0.2, 0.25) is 0 Å². The second kappa shape index (κ2) is 9.29. The minimum atomic E-state index is -4.57. The van der Waals surface area contributed by atoms with Crippen LogP contribution in [0.1, 0.15) is 47.2 Å². The number of carbonyl (C=O) groups excluding carboxylic acids is 1. The summed E-state index contributed by atoms with van der Waals surface area (Å²) in [4.78, 5) is 14.5. The Morgan fingerprint density at radius 3 is 2.35 bits per heavy atom. The van der Waals surface area contributed by atoms with Gasteiger partial charge in [-0.25, -0.2) is 0 Å². The third kappa shape index (κ3) is 5.69. The largest absolute Gasteiger partial charge is 0.417 e. The number of anilines is 2. The van der Waals surface area contributed by atoms with E-state index >= 15 is 0 Å². The number of halogens is 3. The highest BCUT2D eigenvalue weighted by atomic mass is 19.4. The van der Waals surface area contributed by atoms with Crippen LogP contribution in [0.3, 0.4) is 0 Å². The molecule has 3 rings (SSSR count). The van der Waals surface area contributed by atoms with Crippen molar-refractivity contribution in [2.45, 2.75) is 43.9 Å². The summed E-state index contributed by atoms with van der Waals surface area (Å²) >= 11 is 0. The van der Waals surface area contributed by atoms with Gasteiger partial charge in [0, 0.05) is 43.1 Å². The van der Waals surface area contributed by atoms with Crippen molar-refractivity contribution in [2.75, 3.05) is 24.3 Å². The first-order valence-corrected chi connectivity index (χ1v) is 10.1. The fourth-order valence-corrected chi connectivity index (χ4v) is 3.78. The van der Waals surface area contributed by atoms with Crippen molar-refractivity contribution in [3.05, 3.63) is 59.2 Å². The lowest BCUT2D eigenvalue weighted by atomic mass is 9.90. The monoisotopic (exact) mass is 430 g/mol. The van der Waals surface area contributed by atoms with E-state index in [1.165, 1.54) is 12.1 Å². The van der Waals surface area contributed by atoms with Crippen LogP contribution >= 0.6 is 0 Å². The number of rotatable bonds is 5. The summed E-state index contributed by atoms with van der Waals surface area (Å²) in [6.45, 7) is 0. The van der Waals surface area contributed by atoms with Gasteiger partial charge in [0.15, 0.2) is 0 Å². The van der Waals surface area contributed by atoms with Crippen LogP contribution in [-0.4, -0.2) is 32.1 Å². The molecule has 2 aromatic carbocycles. The van der Waals surface area contributed by atoms with Gasteiger partial charge in [-0.2, -0.15) is 18.4 Å². The zero-order valence-corrected chi connectivity index (χ0v) is 17.5. The molecule has 1 amide bonds. The number of nitrogens with one attached hydrogen (secondary N) is 2. The highest BCUT2D eigenvalue weighted by molar-refractivity contribution is 5.95. The highest BCUT2D eigenvalue weighted by Gasteiger charge is 2.34. The van der Waals surface area contributed by atoms with E-state index in [4.69, 9.17) is 5.26 Å². The molecule has 1 aliphatic rings. The Morgan fingerprint density at radius 1 is 1.06 bits per heavy atom. The second-order valence-electron chi connectivity index (χ2n) is 7.98. The summed E-state index contributed by atoms with van der Waals surface area (Å²) in [5, 5.41) is 15.1. The van der Waals surface area contributed by atoms with Crippen LogP contribution in [0.5, 0.6) is 0 Å². The summed E-state index contributed by atoms with van der Waals surface area (Å²) in [7, 11) is 3.83. The van der Waals surface area contributed by atoms with Crippen molar-refractivity contribution >= 4 is 17.3 Å². The first kappa shape index (κ1) is 22.5. The third-order valence-corrected chi connectivity index (χ3v) is 5.50. The van der Waals surface area contributed by atoms with E-state index in [2.05, 4.69) is 10.6 Å². The summed E-state index contributed by atoms with van der Waals surface area (Å²) in [5.41, 5.74) is 0.577.